The predicted octanol–water partition coefficient (Wildman–Crippen LogP) is 4.05. The molecule has 2 aliphatic rings. The number of aromatic nitrogens is 2. The van der Waals surface area contributed by atoms with E-state index in [9.17, 15) is 18.1 Å². The van der Waals surface area contributed by atoms with Crippen molar-refractivity contribution in [3.8, 4) is 11.3 Å². The van der Waals surface area contributed by atoms with E-state index in [1.807, 2.05) is 33.1 Å². The quantitative estimate of drug-likeness (QED) is 0.466. The molecule has 1 aromatic heterocycles. The van der Waals surface area contributed by atoms with E-state index in [2.05, 4.69) is 20.2 Å². The number of rotatable bonds is 5. The van der Waals surface area contributed by atoms with Crippen LogP contribution in [0.15, 0.2) is 51.0 Å². The summed E-state index contributed by atoms with van der Waals surface area (Å²) < 4.78 is 27.5. The van der Waals surface area contributed by atoms with Gasteiger partial charge in [0.25, 0.3) is 0 Å². The van der Waals surface area contributed by atoms with Crippen LogP contribution in [0.2, 0.25) is 0 Å². The predicted molar refractivity (Wildman–Crippen MR) is 133 cm³/mol. The Morgan fingerprint density at radius 2 is 2.00 bits per heavy atom. The van der Waals surface area contributed by atoms with Crippen LogP contribution in [-0.2, 0) is 15.6 Å². The van der Waals surface area contributed by atoms with Gasteiger partial charge in [0.1, 0.15) is 0 Å². The van der Waals surface area contributed by atoms with Crippen molar-refractivity contribution >= 4 is 22.0 Å². The zero-order valence-corrected chi connectivity index (χ0v) is 20.9. The van der Waals surface area contributed by atoms with Gasteiger partial charge in [-0.15, -0.1) is 4.91 Å². The van der Waals surface area contributed by atoms with Crippen molar-refractivity contribution in [1.82, 2.24) is 14.7 Å². The second kappa shape index (κ2) is 11.0. The molecule has 0 unspecified atom stereocenters. The molecule has 3 heterocycles. The van der Waals surface area contributed by atoms with Crippen molar-refractivity contribution < 1.29 is 13.2 Å². The fraction of sp³-hybridized carbons (Fsp3) is 0.458. The molecule has 0 spiro atoms. The molecule has 1 atom stereocenters. The minimum Gasteiger partial charge on any atom is -0.297 e. The summed E-state index contributed by atoms with van der Waals surface area (Å²) in [6.07, 6.45) is 5.62. The number of sulfone groups is 1. The number of fused-ring (bicyclic) bond motifs is 3. The summed E-state index contributed by atoms with van der Waals surface area (Å²) in [7, 11) is -1.92. The van der Waals surface area contributed by atoms with E-state index in [0.717, 1.165) is 31.5 Å². The minimum atomic E-state index is -3.66. The Morgan fingerprint density at radius 1 is 1.26 bits per heavy atom. The Balaban J connectivity index is 0.00000158. The average molecular weight is 486 g/mol. The topological polar surface area (TPSA) is 114 Å². The molecule has 4 rings (SSSR count). The molecule has 1 aromatic carbocycles. The van der Waals surface area contributed by atoms with Gasteiger partial charge in [0, 0.05) is 42.7 Å². The fourth-order valence-corrected chi connectivity index (χ4v) is 6.17. The maximum Gasteiger partial charge on any atom is 0.337 e. The third-order valence-electron chi connectivity index (χ3n) is 6.00. The summed E-state index contributed by atoms with van der Waals surface area (Å²) in [4.78, 5) is 29.9. The second-order valence-corrected chi connectivity index (χ2v) is 10.0. The van der Waals surface area contributed by atoms with Crippen molar-refractivity contribution in [3.63, 3.8) is 0 Å². The van der Waals surface area contributed by atoms with E-state index in [1.54, 1.807) is 36.0 Å². The molecule has 0 radical (unpaired) electrons. The second-order valence-electron chi connectivity index (χ2n) is 8.05. The molecule has 2 aliphatic heterocycles. The Hall–Kier alpha value is -2.98. The van der Waals surface area contributed by atoms with Crippen LogP contribution in [0.5, 0.6) is 0 Å². The first-order valence-electron chi connectivity index (χ1n) is 11.5. The molecule has 0 saturated carbocycles. The van der Waals surface area contributed by atoms with Gasteiger partial charge in [0.05, 0.1) is 22.4 Å². The van der Waals surface area contributed by atoms with Crippen LogP contribution < -0.4 is 0 Å². The molecule has 2 aromatic rings. The van der Waals surface area contributed by atoms with Crippen molar-refractivity contribution in [1.29, 1.82) is 0 Å². The zero-order valence-electron chi connectivity index (χ0n) is 20.1. The SMILES string of the molecule is C/C=C(\C=NC)CN1CCC[C@H](n2nc(C(=O)N=O)c3c2-c2ccccc2S(=O)(=O)C3)C1.CC. The number of likely N-dealkylation sites (tertiary alicyclic amines) is 1. The van der Waals surface area contributed by atoms with Gasteiger partial charge >= 0.3 is 5.91 Å². The number of benzene rings is 1. The van der Waals surface area contributed by atoms with Crippen LogP contribution in [0, 0.1) is 4.91 Å². The van der Waals surface area contributed by atoms with E-state index in [1.165, 1.54) is 0 Å². The molecule has 0 bridgehead atoms. The third-order valence-corrected chi connectivity index (χ3v) is 7.70. The van der Waals surface area contributed by atoms with Crippen LogP contribution in [0.25, 0.3) is 11.3 Å². The minimum absolute atomic E-state index is 0.0729. The average Bonchev–Trinajstić information content (AvgIpc) is 3.23. The van der Waals surface area contributed by atoms with E-state index in [4.69, 9.17) is 0 Å². The van der Waals surface area contributed by atoms with Crippen molar-refractivity contribution in [2.45, 2.75) is 50.3 Å². The molecule has 0 N–H and O–H groups in total. The van der Waals surface area contributed by atoms with Crippen molar-refractivity contribution in [3.05, 3.63) is 52.1 Å². The van der Waals surface area contributed by atoms with Crippen LogP contribution >= 0.6 is 0 Å². The van der Waals surface area contributed by atoms with Crippen LogP contribution in [-0.4, -0.2) is 61.9 Å². The number of allylic oxidation sites excluding steroid dienone is 1. The first-order valence-corrected chi connectivity index (χ1v) is 13.2. The first kappa shape index (κ1) is 25.6. The normalized spacial score (nSPS) is 19.6. The van der Waals surface area contributed by atoms with Gasteiger partial charge in [-0.3, -0.25) is 19.4 Å². The molecular weight excluding hydrogens is 454 g/mol. The summed E-state index contributed by atoms with van der Waals surface area (Å²) in [5, 5.41) is 6.98. The number of carbonyl (C=O) groups excluding carboxylic acids is 1. The number of carbonyl (C=O) groups is 1. The summed E-state index contributed by atoms with van der Waals surface area (Å²) >= 11 is 0. The Kier molecular flexibility index (Phi) is 8.27. The summed E-state index contributed by atoms with van der Waals surface area (Å²) in [6.45, 7) is 8.31. The third kappa shape index (κ3) is 4.92. The molecule has 0 aliphatic carbocycles. The number of piperidine rings is 1. The molecule has 10 heteroatoms. The lowest BCUT2D eigenvalue weighted by molar-refractivity contribution is 0.0993. The Morgan fingerprint density at radius 3 is 2.68 bits per heavy atom. The van der Waals surface area contributed by atoms with Gasteiger partial charge in [-0.1, -0.05) is 38.1 Å². The van der Waals surface area contributed by atoms with E-state index >= 15 is 0 Å². The zero-order chi connectivity index (χ0) is 24.9. The van der Waals surface area contributed by atoms with Crippen LogP contribution in [0.4, 0.5) is 0 Å². The number of aliphatic imine (C=N–C) groups is 1. The van der Waals surface area contributed by atoms with E-state index < -0.39 is 15.7 Å². The number of hydrogen-bond donors (Lipinski definition) is 0. The van der Waals surface area contributed by atoms with E-state index in [-0.39, 0.29) is 27.9 Å². The summed E-state index contributed by atoms with van der Waals surface area (Å²) in [5.41, 5.74) is 2.30. The van der Waals surface area contributed by atoms with Gasteiger partial charge in [0.15, 0.2) is 15.5 Å². The van der Waals surface area contributed by atoms with Crippen LogP contribution in [0.1, 0.15) is 55.7 Å². The van der Waals surface area contributed by atoms with Crippen molar-refractivity contribution in [2.24, 2.45) is 10.2 Å². The number of nitrogens with zero attached hydrogens (tertiary/aromatic N) is 5. The number of hydrogen-bond acceptors (Lipinski definition) is 7. The highest BCUT2D eigenvalue weighted by atomic mass is 32.2. The summed E-state index contributed by atoms with van der Waals surface area (Å²) in [5.74, 6) is -1.42. The Bertz CT molecular complexity index is 1230. The standard InChI is InChI=1S/C22H25N5O4S.C2H6/c1-3-15(11-23-2)12-26-10-6-7-16(13-26)27-21-17-8-4-5-9-19(17)32(30,31)14-18(21)20(24-27)22(28)25-29;1-2/h3-5,8-9,11,16H,6-7,10,12-14H2,1-2H3;1-2H3/b15-3+,23-11?;/t16-;/m0./s1. The first-order chi connectivity index (χ1) is 16.4. The molecule has 182 valence electrons. The monoisotopic (exact) mass is 485 g/mol. The molecule has 9 nitrogen and oxygen atoms in total. The molecular formula is C24H31N5O4S. The molecule has 1 fully saturated rings. The fourth-order valence-electron chi connectivity index (χ4n) is 4.58. The molecule has 1 saturated heterocycles. The van der Waals surface area contributed by atoms with Gasteiger partial charge in [-0.2, -0.15) is 5.10 Å². The lowest BCUT2D eigenvalue weighted by atomic mass is 10.0. The van der Waals surface area contributed by atoms with Gasteiger partial charge in [0.2, 0.25) is 0 Å². The van der Waals surface area contributed by atoms with Gasteiger partial charge in [-0.25, -0.2) is 8.42 Å². The van der Waals surface area contributed by atoms with Gasteiger partial charge in [-0.05, 0) is 37.9 Å². The lowest BCUT2D eigenvalue weighted by Gasteiger charge is -2.34. The van der Waals surface area contributed by atoms with Crippen LogP contribution in [0.3, 0.4) is 0 Å². The number of nitroso groups, excluding NO2 is 1. The maximum atomic E-state index is 12.9. The van der Waals surface area contributed by atoms with Gasteiger partial charge < -0.3 is 0 Å². The molecule has 1 amide bonds. The highest BCUT2D eigenvalue weighted by molar-refractivity contribution is 7.90. The largest absolute Gasteiger partial charge is 0.337 e. The lowest BCUT2D eigenvalue weighted by Crippen LogP contribution is -2.38. The van der Waals surface area contributed by atoms with Crippen molar-refractivity contribution in [2.75, 3.05) is 26.7 Å². The Labute approximate surface area is 200 Å². The summed E-state index contributed by atoms with van der Waals surface area (Å²) in [6, 6.07) is 6.66. The highest BCUT2D eigenvalue weighted by Gasteiger charge is 2.38. The smallest absolute Gasteiger partial charge is 0.297 e. The molecule has 34 heavy (non-hydrogen) atoms. The van der Waals surface area contributed by atoms with E-state index in [0.29, 0.717) is 17.8 Å². The maximum absolute atomic E-state index is 12.9. The highest BCUT2D eigenvalue weighted by Crippen LogP contribution is 2.41. The number of amides is 1.